The molecule has 0 saturated carbocycles. The zero-order valence-corrected chi connectivity index (χ0v) is 24.6. The molecule has 0 amide bonds. The molecular formula is C31H26F4N4O5S. The Balaban J connectivity index is 1.42. The van der Waals surface area contributed by atoms with Gasteiger partial charge in [-0.2, -0.15) is 0 Å². The normalized spacial score (nSPS) is 14.2. The van der Waals surface area contributed by atoms with E-state index in [9.17, 15) is 30.8 Å². The van der Waals surface area contributed by atoms with Gasteiger partial charge < -0.3 is 18.9 Å². The smallest absolute Gasteiger partial charge is 0.406 e. The summed E-state index contributed by atoms with van der Waals surface area (Å²) >= 11 is 0. The Hall–Kier alpha value is -4.69. The predicted octanol–water partition coefficient (Wildman–Crippen LogP) is 5.33. The highest BCUT2D eigenvalue weighted by molar-refractivity contribution is 7.90. The minimum atomic E-state index is -5.01. The zero-order valence-electron chi connectivity index (χ0n) is 23.8. The summed E-state index contributed by atoms with van der Waals surface area (Å²) in [5.74, 6) is -1.70. The number of alkyl halides is 3. The second kappa shape index (κ2) is 11.7. The van der Waals surface area contributed by atoms with Crippen molar-refractivity contribution in [2.75, 3.05) is 31.2 Å². The fourth-order valence-electron chi connectivity index (χ4n) is 5.21. The van der Waals surface area contributed by atoms with Crippen LogP contribution in [0, 0.1) is 12.7 Å². The molecule has 9 nitrogen and oxygen atoms in total. The van der Waals surface area contributed by atoms with Crippen LogP contribution in [0.2, 0.25) is 0 Å². The Bertz CT molecular complexity index is 2050. The number of aromatic nitrogens is 3. The summed E-state index contributed by atoms with van der Waals surface area (Å²) in [7, 11) is -4.08. The number of pyridine rings is 2. The molecule has 4 heterocycles. The number of benzene rings is 2. The van der Waals surface area contributed by atoms with Crippen LogP contribution in [0.1, 0.15) is 11.1 Å². The Morgan fingerprint density at radius 2 is 1.73 bits per heavy atom. The SMILES string of the molecule is Cc1ccc(S(=O)(=O)n2cc(-c3ccn(Cc4cc(F)cc(OC(F)(F)F)c4)c(=O)c3)c3cc(N4CCOCC4)cnc32)cc1. The van der Waals surface area contributed by atoms with Gasteiger partial charge in [-0.15, -0.1) is 13.2 Å². The number of aryl methyl sites for hydroxylation is 1. The molecular weight excluding hydrogens is 616 g/mol. The van der Waals surface area contributed by atoms with Crippen molar-refractivity contribution in [2.24, 2.45) is 0 Å². The third-order valence-corrected chi connectivity index (χ3v) is 9.04. The summed E-state index contributed by atoms with van der Waals surface area (Å²) in [5.41, 5.74) is 2.17. The van der Waals surface area contributed by atoms with Crippen molar-refractivity contribution in [3.05, 3.63) is 107 Å². The third-order valence-electron chi connectivity index (χ3n) is 7.38. The second-order valence-corrected chi connectivity index (χ2v) is 12.4. The van der Waals surface area contributed by atoms with E-state index < -0.39 is 33.5 Å². The van der Waals surface area contributed by atoms with Crippen LogP contribution in [0.25, 0.3) is 22.2 Å². The average Bonchev–Trinajstić information content (AvgIpc) is 3.37. The summed E-state index contributed by atoms with van der Waals surface area (Å²) in [6, 6.07) is 13.7. The van der Waals surface area contributed by atoms with E-state index in [0.29, 0.717) is 48.9 Å². The van der Waals surface area contributed by atoms with Gasteiger partial charge in [0, 0.05) is 48.6 Å². The van der Waals surface area contributed by atoms with Gasteiger partial charge in [-0.1, -0.05) is 17.7 Å². The molecule has 1 aliphatic heterocycles. The number of halogens is 4. The molecule has 0 aliphatic carbocycles. The summed E-state index contributed by atoms with van der Waals surface area (Å²) in [6.07, 6.45) is -0.579. The number of rotatable bonds is 7. The van der Waals surface area contributed by atoms with Crippen LogP contribution in [-0.2, 0) is 21.3 Å². The lowest BCUT2D eigenvalue weighted by molar-refractivity contribution is -0.274. The molecule has 6 rings (SSSR count). The Kier molecular flexibility index (Phi) is 7.87. The molecule has 0 radical (unpaired) electrons. The summed E-state index contributed by atoms with van der Waals surface area (Å²) in [6.45, 7) is 3.91. The van der Waals surface area contributed by atoms with E-state index in [4.69, 9.17) is 4.74 Å². The van der Waals surface area contributed by atoms with E-state index in [2.05, 4.69) is 14.6 Å². The van der Waals surface area contributed by atoms with Crippen LogP contribution >= 0.6 is 0 Å². The van der Waals surface area contributed by atoms with E-state index in [1.165, 1.54) is 35.2 Å². The van der Waals surface area contributed by atoms with Gasteiger partial charge in [0.15, 0.2) is 5.65 Å². The highest BCUT2D eigenvalue weighted by atomic mass is 32.2. The first-order valence-corrected chi connectivity index (χ1v) is 15.2. The molecule has 0 spiro atoms. The number of anilines is 1. The van der Waals surface area contributed by atoms with Crippen LogP contribution in [0.5, 0.6) is 5.75 Å². The van der Waals surface area contributed by atoms with E-state index in [0.717, 1.165) is 27.4 Å². The standard InChI is InChI=1S/C31H26F4N4O5S/c1-20-2-4-26(5-3-20)45(41,42)39-19-28(27-16-24(17-36-30(27)39)37-8-10-43-11-9-37)22-6-7-38(29(40)14-22)18-21-12-23(32)15-25(13-21)44-31(33,34)35/h2-7,12-17,19H,8-11,18H2,1H3. The first kappa shape index (κ1) is 30.3. The van der Waals surface area contributed by atoms with Crippen LogP contribution in [0.3, 0.4) is 0 Å². The zero-order chi connectivity index (χ0) is 31.9. The van der Waals surface area contributed by atoms with Crippen LogP contribution in [0.4, 0.5) is 23.2 Å². The first-order valence-electron chi connectivity index (χ1n) is 13.8. The van der Waals surface area contributed by atoms with Crippen molar-refractivity contribution in [2.45, 2.75) is 24.7 Å². The maximum absolute atomic E-state index is 14.0. The molecule has 14 heteroatoms. The van der Waals surface area contributed by atoms with Gasteiger partial charge in [-0.25, -0.2) is 21.8 Å². The molecule has 2 aromatic carbocycles. The van der Waals surface area contributed by atoms with E-state index >= 15 is 0 Å². The molecule has 0 N–H and O–H groups in total. The third kappa shape index (κ3) is 6.42. The summed E-state index contributed by atoms with van der Waals surface area (Å²) in [4.78, 5) is 19.9. The lowest BCUT2D eigenvalue weighted by Gasteiger charge is -2.28. The van der Waals surface area contributed by atoms with Crippen molar-refractivity contribution in [1.82, 2.24) is 13.5 Å². The monoisotopic (exact) mass is 642 g/mol. The molecule has 3 aromatic heterocycles. The van der Waals surface area contributed by atoms with Crippen molar-refractivity contribution >= 4 is 26.7 Å². The molecule has 0 unspecified atom stereocenters. The van der Waals surface area contributed by atoms with Gasteiger partial charge in [0.05, 0.1) is 36.5 Å². The van der Waals surface area contributed by atoms with Crippen LogP contribution in [0.15, 0.2) is 88.9 Å². The molecule has 1 fully saturated rings. The maximum atomic E-state index is 14.0. The number of ether oxygens (including phenoxy) is 2. The molecule has 5 aromatic rings. The lowest BCUT2D eigenvalue weighted by atomic mass is 10.1. The summed E-state index contributed by atoms with van der Waals surface area (Å²) < 4.78 is 91.2. The number of nitrogens with zero attached hydrogens (tertiary/aromatic N) is 4. The minimum absolute atomic E-state index is 0.0648. The van der Waals surface area contributed by atoms with Gasteiger partial charge in [0.1, 0.15) is 11.6 Å². The van der Waals surface area contributed by atoms with Gasteiger partial charge in [0.2, 0.25) is 0 Å². The average molecular weight is 643 g/mol. The largest absolute Gasteiger partial charge is 0.573 e. The number of morpholine rings is 1. The predicted molar refractivity (Wildman–Crippen MR) is 158 cm³/mol. The van der Waals surface area contributed by atoms with Crippen molar-refractivity contribution in [3.63, 3.8) is 0 Å². The molecule has 45 heavy (non-hydrogen) atoms. The fraction of sp³-hybridized carbons (Fsp3) is 0.226. The highest BCUT2D eigenvalue weighted by Gasteiger charge is 2.31. The molecule has 1 saturated heterocycles. The van der Waals surface area contributed by atoms with Crippen molar-refractivity contribution in [1.29, 1.82) is 0 Å². The Morgan fingerprint density at radius 3 is 2.42 bits per heavy atom. The molecule has 0 bridgehead atoms. The van der Waals surface area contributed by atoms with E-state index in [1.807, 2.05) is 13.0 Å². The van der Waals surface area contributed by atoms with Gasteiger partial charge >= 0.3 is 6.36 Å². The Morgan fingerprint density at radius 1 is 1.00 bits per heavy atom. The molecule has 234 valence electrons. The topological polar surface area (TPSA) is 95.7 Å². The van der Waals surface area contributed by atoms with E-state index in [-0.39, 0.29) is 22.7 Å². The highest BCUT2D eigenvalue weighted by Crippen LogP contribution is 2.34. The number of fused-ring (bicyclic) bond motifs is 1. The summed E-state index contributed by atoms with van der Waals surface area (Å²) in [5, 5.41) is 0.492. The van der Waals surface area contributed by atoms with Crippen molar-refractivity contribution < 1.29 is 35.5 Å². The Labute approximate surface area is 254 Å². The van der Waals surface area contributed by atoms with Gasteiger partial charge in [-0.05, 0) is 54.4 Å². The van der Waals surface area contributed by atoms with Crippen LogP contribution < -0.4 is 15.2 Å². The van der Waals surface area contributed by atoms with E-state index in [1.54, 1.807) is 24.4 Å². The number of hydrogen-bond acceptors (Lipinski definition) is 7. The quantitative estimate of drug-likeness (QED) is 0.222. The fourth-order valence-corrected chi connectivity index (χ4v) is 6.53. The molecule has 1 aliphatic rings. The first-order chi connectivity index (χ1) is 21.4. The van der Waals surface area contributed by atoms with Gasteiger partial charge in [-0.3, -0.25) is 4.79 Å². The lowest BCUT2D eigenvalue weighted by Crippen LogP contribution is -2.36. The second-order valence-electron chi connectivity index (χ2n) is 10.5. The maximum Gasteiger partial charge on any atom is 0.573 e. The number of hydrogen-bond donors (Lipinski definition) is 0. The van der Waals surface area contributed by atoms with Crippen molar-refractivity contribution in [3.8, 4) is 16.9 Å². The van der Waals surface area contributed by atoms with Crippen LogP contribution in [-0.4, -0.2) is 54.6 Å². The molecule has 0 atom stereocenters. The van der Waals surface area contributed by atoms with Gasteiger partial charge in [0.25, 0.3) is 15.6 Å². The minimum Gasteiger partial charge on any atom is -0.406 e.